The van der Waals surface area contributed by atoms with Crippen molar-refractivity contribution in [1.29, 1.82) is 0 Å². The number of piperidine rings is 3. The molecule has 0 saturated carbocycles. The number of aromatic hydroxyl groups is 1. The summed E-state index contributed by atoms with van der Waals surface area (Å²) in [6.07, 6.45) is 5.01. The largest absolute Gasteiger partial charge is 0.508 e. The van der Waals surface area contributed by atoms with Crippen molar-refractivity contribution in [1.82, 2.24) is 15.1 Å². The number of fused-ring (bicyclic) bond motifs is 4. The minimum atomic E-state index is -0.611. The van der Waals surface area contributed by atoms with E-state index in [9.17, 15) is 19.5 Å². The quantitative estimate of drug-likeness (QED) is 0.228. The molecule has 10 heteroatoms. The molecule has 1 unspecified atom stereocenters. The summed E-state index contributed by atoms with van der Waals surface area (Å²) in [6, 6.07) is 28.7. The van der Waals surface area contributed by atoms with Crippen molar-refractivity contribution >= 4 is 23.4 Å². The Hall–Kier alpha value is -5.35. The van der Waals surface area contributed by atoms with Gasteiger partial charge in [0.25, 0.3) is 5.91 Å². The number of ether oxygens (including phenoxy) is 2. The second kappa shape index (κ2) is 14.0. The molecule has 4 aromatic carbocycles. The maximum Gasteiger partial charge on any atom is 0.255 e. The van der Waals surface area contributed by atoms with E-state index in [0.29, 0.717) is 37.7 Å². The van der Waals surface area contributed by atoms with E-state index in [0.717, 1.165) is 68.2 Å². The fraction of sp³-hybridized carbons (Fsp3) is 0.413. The minimum Gasteiger partial charge on any atom is -0.508 e. The van der Waals surface area contributed by atoms with Crippen molar-refractivity contribution in [2.24, 2.45) is 5.92 Å². The van der Waals surface area contributed by atoms with Gasteiger partial charge in [-0.25, -0.2) is 0 Å². The van der Waals surface area contributed by atoms with E-state index in [-0.39, 0.29) is 47.1 Å². The number of anilines is 1. The van der Waals surface area contributed by atoms with Crippen molar-refractivity contribution in [2.75, 3.05) is 50.8 Å². The molecule has 288 valence electrons. The molecular weight excluding hydrogens is 705 g/mol. The van der Waals surface area contributed by atoms with Gasteiger partial charge in [-0.3, -0.25) is 19.7 Å². The number of amides is 3. The molecule has 0 aromatic heterocycles. The summed E-state index contributed by atoms with van der Waals surface area (Å²) in [5, 5.41) is 12.6. The van der Waals surface area contributed by atoms with Gasteiger partial charge in [0.1, 0.15) is 23.3 Å². The van der Waals surface area contributed by atoms with Gasteiger partial charge in [0, 0.05) is 78.3 Å². The van der Waals surface area contributed by atoms with E-state index < -0.39 is 6.04 Å². The molecule has 10 rings (SSSR count). The molecular formula is C46H48N4O6. The van der Waals surface area contributed by atoms with Gasteiger partial charge < -0.3 is 29.3 Å². The average Bonchev–Trinajstić information content (AvgIpc) is 3.73. The summed E-state index contributed by atoms with van der Waals surface area (Å²) in [5.74, 6) is 1.97. The number of likely N-dealkylation sites (tertiary alicyclic amines) is 1. The minimum absolute atomic E-state index is 0.0445. The highest BCUT2D eigenvalue weighted by Gasteiger charge is 2.46. The summed E-state index contributed by atoms with van der Waals surface area (Å²) < 4.78 is 12.5. The summed E-state index contributed by atoms with van der Waals surface area (Å²) in [6.45, 7) is 6.89. The van der Waals surface area contributed by atoms with Gasteiger partial charge in [-0.1, -0.05) is 48.5 Å². The van der Waals surface area contributed by atoms with E-state index in [1.165, 1.54) is 35.2 Å². The Morgan fingerprint density at radius 2 is 1.59 bits per heavy atom. The van der Waals surface area contributed by atoms with Gasteiger partial charge in [0.15, 0.2) is 0 Å². The normalized spacial score (nSPS) is 24.6. The number of hydrogen-bond donors (Lipinski definition) is 2. The van der Waals surface area contributed by atoms with Crippen LogP contribution in [0.15, 0.2) is 84.9 Å². The van der Waals surface area contributed by atoms with Crippen LogP contribution in [0.5, 0.6) is 17.2 Å². The maximum absolute atomic E-state index is 13.4. The summed E-state index contributed by atoms with van der Waals surface area (Å²) in [4.78, 5) is 44.5. The highest BCUT2D eigenvalue weighted by Crippen LogP contribution is 2.49. The summed E-state index contributed by atoms with van der Waals surface area (Å²) >= 11 is 0. The standard InChI is InChI=1S/C46H48N4O6/c51-34-10-11-35-40(23-34)55-27-37(30-4-2-1-3-5-30)43(35)31-6-8-33(9-7-31)49-18-14-29(15-19-49)25-48-20-16-46(17-21-48)28-56-41-24-36-32(22-38(41)46)26-50(45(36)54)39-12-13-42(52)47-44(39)53/h1-11,22-24,29,37,39,43,51H,12-21,25-28H2,(H,47,52,53)/t37-,39?,43-/m1/s1. The number of benzene rings is 4. The van der Waals surface area contributed by atoms with Crippen molar-refractivity contribution in [3.8, 4) is 17.2 Å². The van der Waals surface area contributed by atoms with Crippen LogP contribution in [0.1, 0.15) is 88.5 Å². The number of nitrogens with one attached hydrogen (secondary N) is 1. The van der Waals surface area contributed by atoms with Gasteiger partial charge in [0.05, 0.1) is 13.2 Å². The highest BCUT2D eigenvalue weighted by molar-refractivity contribution is 6.05. The topological polar surface area (TPSA) is 112 Å². The van der Waals surface area contributed by atoms with E-state index >= 15 is 0 Å². The van der Waals surface area contributed by atoms with Crippen molar-refractivity contribution < 1.29 is 29.0 Å². The monoisotopic (exact) mass is 752 g/mol. The van der Waals surface area contributed by atoms with Gasteiger partial charge in [0.2, 0.25) is 11.8 Å². The molecule has 10 nitrogen and oxygen atoms in total. The average molecular weight is 753 g/mol. The van der Waals surface area contributed by atoms with Crippen LogP contribution in [-0.4, -0.2) is 84.6 Å². The molecule has 3 saturated heterocycles. The first-order valence-electron chi connectivity index (χ1n) is 20.3. The van der Waals surface area contributed by atoms with E-state index in [2.05, 4.69) is 75.8 Å². The van der Waals surface area contributed by atoms with Gasteiger partial charge >= 0.3 is 0 Å². The lowest BCUT2D eigenvalue weighted by Crippen LogP contribution is -2.52. The fourth-order valence-electron chi connectivity index (χ4n) is 10.4. The predicted octanol–water partition coefficient (Wildman–Crippen LogP) is 6.10. The Bertz CT molecular complexity index is 2170. The number of nitrogens with zero attached hydrogens (tertiary/aromatic N) is 3. The molecule has 6 aliphatic heterocycles. The molecule has 2 N–H and O–H groups in total. The lowest BCUT2D eigenvalue weighted by molar-refractivity contribution is -0.136. The third kappa shape index (κ3) is 6.18. The van der Waals surface area contributed by atoms with Crippen molar-refractivity contribution in [3.63, 3.8) is 0 Å². The summed E-state index contributed by atoms with van der Waals surface area (Å²) in [5.41, 5.74) is 7.65. The number of carbonyl (C=O) groups is 3. The van der Waals surface area contributed by atoms with E-state index in [4.69, 9.17) is 9.47 Å². The zero-order chi connectivity index (χ0) is 38.0. The zero-order valence-corrected chi connectivity index (χ0v) is 31.6. The smallest absolute Gasteiger partial charge is 0.255 e. The van der Waals surface area contributed by atoms with Crippen LogP contribution in [0.2, 0.25) is 0 Å². The van der Waals surface area contributed by atoms with Gasteiger partial charge in [-0.2, -0.15) is 0 Å². The maximum atomic E-state index is 13.4. The molecule has 3 atom stereocenters. The molecule has 3 amide bonds. The zero-order valence-electron chi connectivity index (χ0n) is 31.6. The fourth-order valence-corrected chi connectivity index (χ4v) is 10.4. The van der Waals surface area contributed by atoms with E-state index in [1.807, 2.05) is 12.1 Å². The third-order valence-corrected chi connectivity index (χ3v) is 13.6. The Morgan fingerprint density at radius 1 is 0.804 bits per heavy atom. The van der Waals surface area contributed by atoms with Crippen LogP contribution < -0.4 is 19.7 Å². The molecule has 4 aromatic rings. The molecule has 0 aliphatic carbocycles. The number of imide groups is 1. The van der Waals surface area contributed by atoms with Gasteiger partial charge in [-0.15, -0.1) is 0 Å². The Morgan fingerprint density at radius 3 is 2.36 bits per heavy atom. The van der Waals surface area contributed by atoms with Gasteiger partial charge in [-0.05, 0) is 98.1 Å². The van der Waals surface area contributed by atoms with Crippen molar-refractivity contribution in [3.05, 3.63) is 118 Å². The molecule has 0 bridgehead atoms. The number of phenols is 1. The Balaban J connectivity index is 0.754. The molecule has 3 fully saturated rings. The first kappa shape index (κ1) is 35.1. The highest BCUT2D eigenvalue weighted by atomic mass is 16.5. The SMILES string of the molecule is O=C1CCC(N2Cc3cc4c(cc3C2=O)OCC42CCN(CC3CCN(c4ccc([C@@H]5c6ccc(O)cc6OC[C@@H]5c5ccccc5)cc4)CC3)CC2)C(=O)N1. The molecule has 6 aliphatic rings. The van der Waals surface area contributed by atoms with Crippen LogP contribution in [0, 0.1) is 5.92 Å². The summed E-state index contributed by atoms with van der Waals surface area (Å²) in [7, 11) is 0. The van der Waals surface area contributed by atoms with E-state index in [1.54, 1.807) is 17.0 Å². The van der Waals surface area contributed by atoms with Crippen LogP contribution in [0.4, 0.5) is 5.69 Å². The lowest BCUT2D eigenvalue weighted by Gasteiger charge is -2.41. The first-order chi connectivity index (χ1) is 27.3. The Labute approximate surface area is 327 Å². The Kier molecular flexibility index (Phi) is 8.77. The van der Waals surface area contributed by atoms with Crippen molar-refractivity contribution in [2.45, 2.75) is 68.4 Å². The number of phenolic OH excluding ortho intramolecular Hbond substituents is 1. The van der Waals surface area contributed by atoms with Crippen LogP contribution in [0.3, 0.4) is 0 Å². The third-order valence-electron chi connectivity index (χ3n) is 13.6. The molecule has 1 spiro atoms. The molecule has 0 radical (unpaired) electrons. The molecule has 56 heavy (non-hydrogen) atoms. The molecule has 6 heterocycles. The van der Waals surface area contributed by atoms with Crippen LogP contribution in [0.25, 0.3) is 0 Å². The second-order valence-electron chi connectivity index (χ2n) is 16.8. The van der Waals surface area contributed by atoms with Crippen LogP contribution in [-0.2, 0) is 21.5 Å². The number of carbonyl (C=O) groups excluding carboxylic acids is 3. The predicted molar refractivity (Wildman–Crippen MR) is 211 cm³/mol. The number of hydrogen-bond acceptors (Lipinski definition) is 8. The number of rotatable bonds is 6. The lowest BCUT2D eigenvalue weighted by atomic mass is 9.73. The van der Waals surface area contributed by atoms with Crippen LogP contribution >= 0.6 is 0 Å². The first-order valence-corrected chi connectivity index (χ1v) is 20.3. The second-order valence-corrected chi connectivity index (χ2v) is 16.8.